The Balaban J connectivity index is 1.65. The Kier molecular flexibility index (Phi) is 3.16. The van der Waals surface area contributed by atoms with Crippen molar-refractivity contribution >= 4 is 5.78 Å². The van der Waals surface area contributed by atoms with Crippen molar-refractivity contribution in [2.45, 2.75) is 70.5 Å². The standard InChI is InChI=1S/C19H28O3/c1-18-8-7-14-13-6-4-12(20)9-11(13)3-5-15(14)16(18)10-19(2,22)17(18)21/h9,13-17,21-22H,3-8,10H2,1-2H3. The maximum atomic E-state index is 11.7. The first-order valence-corrected chi connectivity index (χ1v) is 8.97. The molecule has 4 aliphatic carbocycles. The number of hydrogen-bond donors (Lipinski definition) is 2. The maximum absolute atomic E-state index is 11.7. The lowest BCUT2D eigenvalue weighted by atomic mass is 9.52. The summed E-state index contributed by atoms with van der Waals surface area (Å²) in [5, 5.41) is 21.3. The summed E-state index contributed by atoms with van der Waals surface area (Å²) in [7, 11) is 0. The van der Waals surface area contributed by atoms with Crippen molar-refractivity contribution in [1.29, 1.82) is 0 Å². The monoisotopic (exact) mass is 304 g/mol. The van der Waals surface area contributed by atoms with Gasteiger partial charge in [0.15, 0.2) is 5.78 Å². The fraction of sp³-hybridized carbons (Fsp3) is 0.842. The second kappa shape index (κ2) is 4.67. The number of carbonyl (C=O) groups excluding carboxylic acids is 1. The predicted octanol–water partition coefficient (Wildman–Crippen LogP) is 2.85. The van der Waals surface area contributed by atoms with Crippen LogP contribution < -0.4 is 0 Å². The molecule has 3 nitrogen and oxygen atoms in total. The molecule has 3 fully saturated rings. The molecule has 0 radical (unpaired) electrons. The molecular formula is C19H28O3. The molecule has 4 rings (SSSR count). The van der Waals surface area contributed by atoms with Gasteiger partial charge >= 0.3 is 0 Å². The summed E-state index contributed by atoms with van der Waals surface area (Å²) in [6.07, 6.45) is 8.11. The van der Waals surface area contributed by atoms with Crippen molar-refractivity contribution in [3.63, 3.8) is 0 Å². The first-order chi connectivity index (χ1) is 10.3. The lowest BCUT2D eigenvalue weighted by molar-refractivity contribution is -0.116. The number of fused-ring (bicyclic) bond motifs is 5. The van der Waals surface area contributed by atoms with Crippen molar-refractivity contribution in [3.8, 4) is 0 Å². The van der Waals surface area contributed by atoms with Gasteiger partial charge in [-0.1, -0.05) is 12.5 Å². The molecule has 0 aromatic heterocycles. The van der Waals surface area contributed by atoms with Gasteiger partial charge in [0.1, 0.15) is 0 Å². The Morgan fingerprint density at radius 3 is 2.68 bits per heavy atom. The van der Waals surface area contributed by atoms with E-state index in [1.54, 1.807) is 0 Å². The zero-order valence-corrected chi connectivity index (χ0v) is 13.7. The van der Waals surface area contributed by atoms with Crippen LogP contribution in [0.1, 0.15) is 58.8 Å². The van der Waals surface area contributed by atoms with E-state index in [1.807, 2.05) is 13.0 Å². The van der Waals surface area contributed by atoms with E-state index in [0.717, 1.165) is 38.5 Å². The van der Waals surface area contributed by atoms with E-state index in [1.165, 1.54) is 5.57 Å². The van der Waals surface area contributed by atoms with Crippen molar-refractivity contribution in [2.24, 2.45) is 29.1 Å². The fourth-order valence-corrected chi connectivity index (χ4v) is 6.52. The van der Waals surface area contributed by atoms with E-state index < -0.39 is 11.7 Å². The van der Waals surface area contributed by atoms with E-state index in [9.17, 15) is 15.0 Å². The smallest absolute Gasteiger partial charge is 0.155 e. The fourth-order valence-electron chi connectivity index (χ4n) is 6.52. The van der Waals surface area contributed by atoms with Gasteiger partial charge in [0, 0.05) is 6.42 Å². The van der Waals surface area contributed by atoms with E-state index in [-0.39, 0.29) is 5.41 Å². The van der Waals surface area contributed by atoms with Gasteiger partial charge in [0.2, 0.25) is 0 Å². The van der Waals surface area contributed by atoms with E-state index >= 15 is 0 Å². The van der Waals surface area contributed by atoms with E-state index in [2.05, 4.69) is 6.92 Å². The van der Waals surface area contributed by atoms with Crippen LogP contribution in [0.5, 0.6) is 0 Å². The first-order valence-electron chi connectivity index (χ1n) is 8.97. The molecule has 4 aliphatic rings. The minimum Gasteiger partial charge on any atom is -0.390 e. The molecular weight excluding hydrogens is 276 g/mol. The number of aliphatic hydroxyl groups is 2. The molecule has 0 saturated heterocycles. The minimum atomic E-state index is -0.938. The maximum Gasteiger partial charge on any atom is 0.155 e. The summed E-state index contributed by atoms with van der Waals surface area (Å²) in [4.78, 5) is 11.7. The highest BCUT2D eigenvalue weighted by Crippen LogP contribution is 2.63. The molecule has 0 spiro atoms. The normalized spacial score (nSPS) is 54.3. The van der Waals surface area contributed by atoms with Crippen molar-refractivity contribution in [3.05, 3.63) is 11.6 Å². The Bertz CT molecular complexity index is 535. The average molecular weight is 304 g/mol. The largest absolute Gasteiger partial charge is 0.390 e. The number of hydrogen-bond acceptors (Lipinski definition) is 3. The van der Waals surface area contributed by atoms with Crippen LogP contribution in [-0.2, 0) is 4.79 Å². The van der Waals surface area contributed by atoms with Crippen LogP contribution in [0.2, 0.25) is 0 Å². The average Bonchev–Trinajstić information content (AvgIpc) is 2.66. The first kappa shape index (κ1) is 14.9. The van der Waals surface area contributed by atoms with Crippen LogP contribution in [0.3, 0.4) is 0 Å². The summed E-state index contributed by atoms with van der Waals surface area (Å²) in [5.74, 6) is 2.59. The quantitative estimate of drug-likeness (QED) is 0.723. The van der Waals surface area contributed by atoms with Crippen molar-refractivity contribution < 1.29 is 15.0 Å². The van der Waals surface area contributed by atoms with Gasteiger partial charge in [0.25, 0.3) is 0 Å². The molecule has 3 saturated carbocycles. The molecule has 3 heteroatoms. The summed E-state index contributed by atoms with van der Waals surface area (Å²) >= 11 is 0. The SMILES string of the molecule is CC1(O)CC2C3CCC4=CC(=O)CCC4C3CCC2(C)C1O. The Hall–Kier alpha value is -0.670. The Morgan fingerprint density at radius 2 is 1.91 bits per heavy atom. The van der Waals surface area contributed by atoms with Gasteiger partial charge in [-0.2, -0.15) is 0 Å². The number of allylic oxidation sites excluding steroid dienone is 1. The van der Waals surface area contributed by atoms with Crippen LogP contribution >= 0.6 is 0 Å². The van der Waals surface area contributed by atoms with Crippen LogP contribution in [-0.4, -0.2) is 27.7 Å². The Morgan fingerprint density at radius 1 is 1.14 bits per heavy atom. The van der Waals surface area contributed by atoms with Gasteiger partial charge in [0.05, 0.1) is 11.7 Å². The van der Waals surface area contributed by atoms with E-state index in [4.69, 9.17) is 0 Å². The van der Waals surface area contributed by atoms with Crippen molar-refractivity contribution in [2.75, 3.05) is 0 Å². The zero-order chi connectivity index (χ0) is 15.7. The second-order valence-electron chi connectivity index (χ2n) is 8.81. The molecule has 7 atom stereocenters. The number of carbonyl (C=O) groups is 1. The number of aliphatic hydroxyl groups excluding tert-OH is 1. The molecule has 2 N–H and O–H groups in total. The molecule has 0 bridgehead atoms. The van der Waals surface area contributed by atoms with Gasteiger partial charge in [-0.3, -0.25) is 4.79 Å². The molecule has 0 amide bonds. The molecule has 0 aromatic carbocycles. The second-order valence-corrected chi connectivity index (χ2v) is 8.81. The summed E-state index contributed by atoms with van der Waals surface area (Å²) in [5.41, 5.74) is 0.329. The van der Waals surface area contributed by atoms with E-state index in [0.29, 0.717) is 35.9 Å². The zero-order valence-electron chi connectivity index (χ0n) is 13.7. The van der Waals surface area contributed by atoms with Crippen LogP contribution in [0.25, 0.3) is 0 Å². The highest BCUT2D eigenvalue weighted by Gasteiger charge is 2.62. The third kappa shape index (κ3) is 1.91. The van der Waals surface area contributed by atoms with Gasteiger partial charge in [-0.25, -0.2) is 0 Å². The highest BCUT2D eigenvalue weighted by atomic mass is 16.3. The lowest BCUT2D eigenvalue weighted by Crippen LogP contribution is -2.49. The number of ketones is 1. The number of rotatable bonds is 0. The van der Waals surface area contributed by atoms with Crippen molar-refractivity contribution in [1.82, 2.24) is 0 Å². The van der Waals surface area contributed by atoms with Gasteiger partial charge in [-0.05, 0) is 80.6 Å². The summed E-state index contributed by atoms with van der Waals surface area (Å²) < 4.78 is 0. The van der Waals surface area contributed by atoms with Crippen LogP contribution in [0, 0.1) is 29.1 Å². The molecule has 22 heavy (non-hydrogen) atoms. The lowest BCUT2D eigenvalue weighted by Gasteiger charge is -2.53. The van der Waals surface area contributed by atoms with Gasteiger partial charge in [-0.15, -0.1) is 0 Å². The van der Waals surface area contributed by atoms with Crippen LogP contribution in [0.15, 0.2) is 11.6 Å². The predicted molar refractivity (Wildman–Crippen MR) is 84.1 cm³/mol. The molecule has 122 valence electrons. The van der Waals surface area contributed by atoms with Crippen LogP contribution in [0.4, 0.5) is 0 Å². The third-order valence-electron chi connectivity index (χ3n) is 7.58. The third-order valence-corrected chi connectivity index (χ3v) is 7.58. The highest BCUT2D eigenvalue weighted by molar-refractivity contribution is 5.91. The topological polar surface area (TPSA) is 57.5 Å². The summed E-state index contributed by atoms with van der Waals surface area (Å²) in [6.45, 7) is 4.00. The molecule has 0 aromatic rings. The summed E-state index contributed by atoms with van der Waals surface area (Å²) in [6, 6.07) is 0. The molecule has 7 unspecified atom stereocenters. The molecule has 0 aliphatic heterocycles. The minimum absolute atomic E-state index is 0.129. The van der Waals surface area contributed by atoms with Gasteiger partial charge < -0.3 is 10.2 Å². The molecule has 0 heterocycles. The Labute approximate surface area is 132 Å².